The van der Waals surface area contributed by atoms with Gasteiger partial charge in [-0.2, -0.15) is 0 Å². The number of halogens is 2. The quantitative estimate of drug-likeness (QED) is 0.716. The van der Waals surface area contributed by atoms with Crippen molar-refractivity contribution in [3.8, 4) is 16.9 Å². The van der Waals surface area contributed by atoms with Crippen LogP contribution in [0.1, 0.15) is 27.2 Å². The molecule has 24 heavy (non-hydrogen) atoms. The predicted octanol–water partition coefficient (Wildman–Crippen LogP) is 4.74. The molecule has 0 amide bonds. The van der Waals surface area contributed by atoms with Gasteiger partial charge in [0.25, 0.3) is 0 Å². The minimum Gasteiger partial charge on any atom is -0.476 e. The summed E-state index contributed by atoms with van der Waals surface area (Å²) in [5.41, 5.74) is -0.242. The molecule has 0 bridgehead atoms. The number of hydrogen-bond donors (Lipinski definition) is 0. The SMILES string of the molecule is CCCOC(=O)C(C)(C)Oc1ccc(-c2ccc(F)cc2F)cc1. The van der Waals surface area contributed by atoms with E-state index >= 15 is 0 Å². The molecule has 0 aliphatic rings. The van der Waals surface area contributed by atoms with Crippen molar-refractivity contribution in [3.05, 3.63) is 54.1 Å². The van der Waals surface area contributed by atoms with Crippen LogP contribution >= 0.6 is 0 Å². The van der Waals surface area contributed by atoms with Gasteiger partial charge in [-0.25, -0.2) is 13.6 Å². The first-order valence-corrected chi connectivity index (χ1v) is 7.75. The maximum Gasteiger partial charge on any atom is 0.349 e. The number of carbonyl (C=O) groups is 1. The summed E-state index contributed by atoms with van der Waals surface area (Å²) in [6.45, 7) is 5.50. The first-order chi connectivity index (χ1) is 11.3. The second-order valence-electron chi connectivity index (χ2n) is 5.90. The normalized spacial score (nSPS) is 11.2. The molecule has 0 saturated carbocycles. The van der Waals surface area contributed by atoms with Crippen LogP contribution < -0.4 is 4.74 Å². The van der Waals surface area contributed by atoms with Gasteiger partial charge in [0.15, 0.2) is 5.60 Å². The number of hydrogen-bond acceptors (Lipinski definition) is 3. The molecule has 0 unspecified atom stereocenters. The lowest BCUT2D eigenvalue weighted by atomic mass is 10.0. The van der Waals surface area contributed by atoms with Crippen molar-refractivity contribution in [2.75, 3.05) is 6.61 Å². The third-order valence-corrected chi connectivity index (χ3v) is 3.40. The van der Waals surface area contributed by atoms with E-state index in [0.717, 1.165) is 12.5 Å². The largest absolute Gasteiger partial charge is 0.476 e. The van der Waals surface area contributed by atoms with Gasteiger partial charge >= 0.3 is 5.97 Å². The van der Waals surface area contributed by atoms with Crippen LogP contribution in [0.25, 0.3) is 11.1 Å². The molecule has 0 aliphatic carbocycles. The summed E-state index contributed by atoms with van der Waals surface area (Å²) in [6.07, 6.45) is 0.736. The molecule has 5 heteroatoms. The van der Waals surface area contributed by atoms with Crippen molar-refractivity contribution in [1.29, 1.82) is 0 Å². The Bertz CT molecular complexity index is 709. The van der Waals surface area contributed by atoms with Gasteiger partial charge in [-0.15, -0.1) is 0 Å². The molecule has 0 radical (unpaired) electrons. The number of benzene rings is 2. The van der Waals surface area contributed by atoms with Gasteiger partial charge in [0.2, 0.25) is 0 Å². The summed E-state index contributed by atoms with van der Waals surface area (Å²) in [4.78, 5) is 12.0. The molecule has 2 aromatic rings. The van der Waals surface area contributed by atoms with Crippen LogP contribution in [0.3, 0.4) is 0 Å². The third kappa shape index (κ3) is 4.31. The zero-order valence-electron chi connectivity index (χ0n) is 13.9. The Kier molecular flexibility index (Phi) is 5.54. The fourth-order valence-corrected chi connectivity index (χ4v) is 2.13. The minimum atomic E-state index is -1.13. The molecular formula is C19H20F2O3. The maximum atomic E-state index is 13.8. The number of carbonyl (C=O) groups excluding carboxylic acids is 1. The molecule has 0 N–H and O–H groups in total. The van der Waals surface area contributed by atoms with E-state index in [1.54, 1.807) is 38.1 Å². The number of esters is 1. The molecule has 0 saturated heterocycles. The van der Waals surface area contributed by atoms with E-state index in [1.807, 2.05) is 6.92 Å². The Morgan fingerprint density at radius 2 is 1.75 bits per heavy atom. The lowest BCUT2D eigenvalue weighted by Gasteiger charge is -2.24. The smallest absolute Gasteiger partial charge is 0.349 e. The van der Waals surface area contributed by atoms with Gasteiger partial charge in [0, 0.05) is 11.6 Å². The van der Waals surface area contributed by atoms with Crippen LogP contribution in [0.15, 0.2) is 42.5 Å². The van der Waals surface area contributed by atoms with Gasteiger partial charge in [-0.1, -0.05) is 19.1 Å². The van der Waals surface area contributed by atoms with Gasteiger partial charge in [0.05, 0.1) is 6.61 Å². The molecule has 2 aromatic carbocycles. The Balaban J connectivity index is 2.13. The molecule has 0 heterocycles. The topological polar surface area (TPSA) is 35.5 Å². The molecule has 0 spiro atoms. The standard InChI is InChI=1S/C19H20F2O3/c1-4-11-23-18(22)19(2,3)24-15-8-5-13(6-9-15)16-10-7-14(20)12-17(16)21/h5-10,12H,4,11H2,1-3H3. The third-order valence-electron chi connectivity index (χ3n) is 3.40. The van der Waals surface area contributed by atoms with Crippen LogP contribution in [0.2, 0.25) is 0 Å². The van der Waals surface area contributed by atoms with E-state index in [9.17, 15) is 13.6 Å². The van der Waals surface area contributed by atoms with E-state index in [0.29, 0.717) is 23.5 Å². The highest BCUT2D eigenvalue weighted by molar-refractivity contribution is 5.79. The number of ether oxygens (including phenoxy) is 2. The summed E-state index contributed by atoms with van der Waals surface area (Å²) in [6, 6.07) is 9.99. The van der Waals surface area contributed by atoms with E-state index in [1.165, 1.54) is 12.1 Å². The van der Waals surface area contributed by atoms with Gasteiger partial charge < -0.3 is 9.47 Å². The Morgan fingerprint density at radius 3 is 2.33 bits per heavy atom. The fraction of sp³-hybridized carbons (Fsp3) is 0.316. The molecule has 128 valence electrons. The van der Waals surface area contributed by atoms with Gasteiger partial charge in [-0.05, 0) is 50.1 Å². The summed E-state index contributed by atoms with van der Waals surface area (Å²) in [7, 11) is 0. The van der Waals surface area contributed by atoms with E-state index < -0.39 is 23.2 Å². The second-order valence-corrected chi connectivity index (χ2v) is 5.90. The van der Waals surface area contributed by atoms with Crippen LogP contribution in [-0.4, -0.2) is 18.2 Å². The highest BCUT2D eigenvalue weighted by atomic mass is 19.1. The summed E-state index contributed by atoms with van der Waals surface area (Å²) >= 11 is 0. The second kappa shape index (κ2) is 7.43. The van der Waals surface area contributed by atoms with Crippen molar-refractivity contribution < 1.29 is 23.0 Å². The Hall–Kier alpha value is -2.43. The molecule has 0 fully saturated rings. The fourth-order valence-electron chi connectivity index (χ4n) is 2.13. The van der Waals surface area contributed by atoms with Crippen LogP contribution in [0.5, 0.6) is 5.75 Å². The average molecular weight is 334 g/mol. The molecule has 3 nitrogen and oxygen atoms in total. The van der Waals surface area contributed by atoms with E-state index in [2.05, 4.69) is 0 Å². The van der Waals surface area contributed by atoms with Crippen molar-refractivity contribution in [3.63, 3.8) is 0 Å². The number of rotatable bonds is 6. The zero-order chi connectivity index (χ0) is 17.7. The summed E-state index contributed by atoms with van der Waals surface area (Å²) in [5.74, 6) is -1.24. The monoisotopic (exact) mass is 334 g/mol. The van der Waals surface area contributed by atoms with Crippen LogP contribution in [0, 0.1) is 11.6 Å². The van der Waals surface area contributed by atoms with Gasteiger partial charge in [0.1, 0.15) is 17.4 Å². The predicted molar refractivity (Wildman–Crippen MR) is 87.8 cm³/mol. The molecule has 0 aliphatic heterocycles. The van der Waals surface area contributed by atoms with Crippen molar-refractivity contribution in [2.45, 2.75) is 32.8 Å². The van der Waals surface area contributed by atoms with Crippen LogP contribution in [0.4, 0.5) is 8.78 Å². The molecule has 0 aromatic heterocycles. The Labute approximate surface area is 140 Å². The molecule has 0 atom stereocenters. The molecule has 2 rings (SSSR count). The highest BCUT2D eigenvalue weighted by Crippen LogP contribution is 2.27. The Morgan fingerprint density at radius 1 is 1.08 bits per heavy atom. The summed E-state index contributed by atoms with van der Waals surface area (Å²) in [5, 5.41) is 0. The van der Waals surface area contributed by atoms with Crippen molar-refractivity contribution in [2.24, 2.45) is 0 Å². The minimum absolute atomic E-state index is 0.296. The van der Waals surface area contributed by atoms with Crippen LogP contribution in [-0.2, 0) is 9.53 Å². The lowest BCUT2D eigenvalue weighted by Crippen LogP contribution is -2.39. The van der Waals surface area contributed by atoms with E-state index in [-0.39, 0.29) is 0 Å². The van der Waals surface area contributed by atoms with Gasteiger partial charge in [-0.3, -0.25) is 0 Å². The molecular weight excluding hydrogens is 314 g/mol. The highest BCUT2D eigenvalue weighted by Gasteiger charge is 2.31. The van der Waals surface area contributed by atoms with Crippen molar-refractivity contribution in [1.82, 2.24) is 0 Å². The summed E-state index contributed by atoms with van der Waals surface area (Å²) < 4.78 is 37.5. The lowest BCUT2D eigenvalue weighted by molar-refractivity contribution is -0.159. The maximum absolute atomic E-state index is 13.8. The average Bonchev–Trinajstić information content (AvgIpc) is 2.53. The van der Waals surface area contributed by atoms with E-state index in [4.69, 9.17) is 9.47 Å². The zero-order valence-corrected chi connectivity index (χ0v) is 13.9. The van der Waals surface area contributed by atoms with Crippen molar-refractivity contribution >= 4 is 5.97 Å². The first kappa shape index (κ1) is 17.9. The first-order valence-electron chi connectivity index (χ1n) is 7.75.